The van der Waals surface area contributed by atoms with E-state index in [1.54, 1.807) is 0 Å². The lowest BCUT2D eigenvalue weighted by molar-refractivity contribution is -0.385. The average Bonchev–Trinajstić information content (AvgIpc) is 3.24. The van der Waals surface area contributed by atoms with Crippen LogP contribution in [0, 0.1) is 15.5 Å². The highest BCUT2D eigenvalue weighted by molar-refractivity contribution is 5.95. The second-order valence-corrected chi connectivity index (χ2v) is 5.30. The van der Waals surface area contributed by atoms with Crippen LogP contribution in [0.25, 0.3) is 0 Å². The summed E-state index contributed by atoms with van der Waals surface area (Å²) in [6.45, 7) is 0.579. The van der Waals surface area contributed by atoms with E-state index in [-0.39, 0.29) is 34.9 Å². The van der Waals surface area contributed by atoms with Crippen LogP contribution in [-0.4, -0.2) is 36.2 Å². The molecule has 21 heavy (non-hydrogen) atoms. The molecule has 1 aromatic rings. The quantitative estimate of drug-likeness (QED) is 0.586. The molecule has 0 aliphatic heterocycles. The zero-order valence-corrected chi connectivity index (χ0v) is 11.8. The van der Waals surface area contributed by atoms with Gasteiger partial charge in [-0.1, -0.05) is 0 Å². The number of nitro benzene ring substituents is 1. The average molecular weight is 294 g/mol. The monoisotopic (exact) mass is 294 g/mol. The molecule has 7 nitrogen and oxygen atoms in total. The topological polar surface area (TPSA) is 102 Å². The van der Waals surface area contributed by atoms with Crippen molar-refractivity contribution in [2.45, 2.75) is 19.3 Å². The highest BCUT2D eigenvalue weighted by atomic mass is 16.6. The van der Waals surface area contributed by atoms with Crippen LogP contribution in [0.5, 0.6) is 5.75 Å². The summed E-state index contributed by atoms with van der Waals surface area (Å²) >= 11 is 0. The number of amides is 1. The molecule has 0 aromatic heterocycles. The summed E-state index contributed by atoms with van der Waals surface area (Å²) in [7, 11) is 1.34. The Hall–Kier alpha value is -2.15. The van der Waals surface area contributed by atoms with Crippen molar-refractivity contribution < 1.29 is 19.6 Å². The predicted molar refractivity (Wildman–Crippen MR) is 75.4 cm³/mol. The Morgan fingerprint density at radius 2 is 2.24 bits per heavy atom. The number of ether oxygens (including phenoxy) is 1. The number of nitrogens with one attached hydrogen (secondary N) is 1. The van der Waals surface area contributed by atoms with Crippen LogP contribution in [0.4, 0.5) is 5.69 Å². The van der Waals surface area contributed by atoms with Gasteiger partial charge in [0.15, 0.2) is 5.75 Å². The standard InChI is InChI=1S/C14H18N2O5/c1-21-12-3-2-10(8-11(12)16(19)20)13(18)15-9-14(4-5-14)6-7-17/h2-3,8,17H,4-7,9H2,1H3,(H,15,18). The van der Waals surface area contributed by atoms with E-state index in [0.717, 1.165) is 12.8 Å². The first-order chi connectivity index (χ1) is 10.0. The Balaban J connectivity index is 2.06. The molecule has 1 aliphatic carbocycles. The number of carbonyl (C=O) groups excluding carboxylic acids is 1. The molecule has 2 rings (SSSR count). The van der Waals surface area contributed by atoms with Crippen LogP contribution in [0.3, 0.4) is 0 Å². The second-order valence-electron chi connectivity index (χ2n) is 5.30. The van der Waals surface area contributed by atoms with Crippen LogP contribution >= 0.6 is 0 Å². The molecule has 0 spiro atoms. The molecule has 1 saturated carbocycles. The summed E-state index contributed by atoms with van der Waals surface area (Å²) in [5.74, 6) is -0.236. The van der Waals surface area contributed by atoms with Crippen LogP contribution in [0.1, 0.15) is 29.6 Å². The third-order valence-electron chi connectivity index (χ3n) is 3.86. The first-order valence-corrected chi connectivity index (χ1v) is 6.73. The van der Waals surface area contributed by atoms with Gasteiger partial charge in [0.1, 0.15) is 0 Å². The molecular formula is C14H18N2O5. The molecule has 1 aliphatic rings. The van der Waals surface area contributed by atoms with E-state index in [2.05, 4.69) is 5.32 Å². The van der Waals surface area contributed by atoms with Crippen molar-refractivity contribution >= 4 is 11.6 Å². The second kappa shape index (κ2) is 6.09. The summed E-state index contributed by atoms with van der Waals surface area (Å²) in [5, 5.41) is 22.7. The molecule has 1 amide bonds. The lowest BCUT2D eigenvalue weighted by atomic mass is 10.0. The van der Waals surface area contributed by atoms with Gasteiger partial charge in [-0.25, -0.2) is 0 Å². The third-order valence-corrected chi connectivity index (χ3v) is 3.86. The van der Waals surface area contributed by atoms with Gasteiger partial charge in [0.25, 0.3) is 5.91 Å². The Morgan fingerprint density at radius 3 is 2.76 bits per heavy atom. The Labute approximate surface area is 122 Å². The van der Waals surface area contributed by atoms with Crippen LogP contribution < -0.4 is 10.1 Å². The molecular weight excluding hydrogens is 276 g/mol. The third kappa shape index (κ3) is 3.49. The fraction of sp³-hybridized carbons (Fsp3) is 0.500. The van der Waals surface area contributed by atoms with Crippen molar-refractivity contribution in [1.82, 2.24) is 5.32 Å². The van der Waals surface area contributed by atoms with Crippen molar-refractivity contribution in [3.05, 3.63) is 33.9 Å². The van der Waals surface area contributed by atoms with E-state index >= 15 is 0 Å². The van der Waals surface area contributed by atoms with Gasteiger partial charge in [0, 0.05) is 24.8 Å². The molecule has 2 N–H and O–H groups in total. The number of nitrogens with zero attached hydrogens (tertiary/aromatic N) is 1. The van der Waals surface area contributed by atoms with Gasteiger partial charge in [-0.15, -0.1) is 0 Å². The van der Waals surface area contributed by atoms with Crippen LogP contribution in [0.2, 0.25) is 0 Å². The van der Waals surface area contributed by atoms with Crippen molar-refractivity contribution in [2.24, 2.45) is 5.41 Å². The molecule has 0 heterocycles. The maximum Gasteiger partial charge on any atom is 0.311 e. The number of hydrogen-bond acceptors (Lipinski definition) is 5. The van der Waals surface area contributed by atoms with Crippen LogP contribution in [0.15, 0.2) is 18.2 Å². The minimum atomic E-state index is -0.580. The van der Waals surface area contributed by atoms with Gasteiger partial charge in [0.05, 0.1) is 12.0 Å². The van der Waals surface area contributed by atoms with Crippen LogP contribution in [-0.2, 0) is 0 Å². The number of nitro groups is 1. The Bertz CT molecular complexity index is 554. The number of carbonyl (C=O) groups is 1. The van der Waals surface area contributed by atoms with Crippen molar-refractivity contribution in [3.8, 4) is 5.75 Å². The number of hydrogen-bond donors (Lipinski definition) is 2. The first-order valence-electron chi connectivity index (χ1n) is 6.73. The number of aliphatic hydroxyl groups is 1. The van der Waals surface area contributed by atoms with E-state index in [9.17, 15) is 14.9 Å². The summed E-state index contributed by atoms with van der Waals surface area (Å²) in [6, 6.07) is 4.11. The van der Waals surface area contributed by atoms with Crippen molar-refractivity contribution in [3.63, 3.8) is 0 Å². The highest BCUT2D eigenvalue weighted by Gasteiger charge is 2.41. The maximum absolute atomic E-state index is 12.1. The molecule has 1 fully saturated rings. The number of methoxy groups -OCH3 is 1. The molecule has 0 bridgehead atoms. The minimum Gasteiger partial charge on any atom is -0.490 e. The summed E-state index contributed by atoms with van der Waals surface area (Å²) < 4.78 is 4.90. The summed E-state index contributed by atoms with van der Waals surface area (Å²) in [6.07, 6.45) is 2.63. The Morgan fingerprint density at radius 1 is 1.52 bits per heavy atom. The van der Waals surface area contributed by atoms with Gasteiger partial charge in [0.2, 0.25) is 0 Å². The minimum absolute atomic E-state index is 0.00279. The lowest BCUT2D eigenvalue weighted by Crippen LogP contribution is -2.30. The zero-order chi connectivity index (χ0) is 15.5. The normalized spacial score (nSPS) is 15.3. The summed E-state index contributed by atoms with van der Waals surface area (Å²) in [4.78, 5) is 22.4. The van der Waals surface area contributed by atoms with E-state index < -0.39 is 4.92 Å². The van der Waals surface area contributed by atoms with Crippen molar-refractivity contribution in [1.29, 1.82) is 0 Å². The molecule has 0 unspecified atom stereocenters. The van der Waals surface area contributed by atoms with E-state index in [0.29, 0.717) is 13.0 Å². The molecule has 0 atom stereocenters. The fourth-order valence-corrected chi connectivity index (χ4v) is 2.27. The van der Waals surface area contributed by atoms with Gasteiger partial charge in [-0.2, -0.15) is 0 Å². The van der Waals surface area contributed by atoms with Crippen molar-refractivity contribution in [2.75, 3.05) is 20.3 Å². The molecule has 114 valence electrons. The van der Waals surface area contributed by atoms with Gasteiger partial charge < -0.3 is 15.2 Å². The molecule has 7 heteroatoms. The largest absolute Gasteiger partial charge is 0.490 e. The van der Waals surface area contributed by atoms with E-state index in [1.165, 1.54) is 25.3 Å². The smallest absolute Gasteiger partial charge is 0.311 e. The Kier molecular flexibility index (Phi) is 4.42. The number of rotatable bonds is 7. The summed E-state index contributed by atoms with van der Waals surface area (Å²) in [5.41, 5.74) is -0.00745. The predicted octanol–water partition coefficient (Wildman–Crippen LogP) is 1.50. The van der Waals surface area contributed by atoms with E-state index in [4.69, 9.17) is 9.84 Å². The molecule has 0 saturated heterocycles. The fourth-order valence-electron chi connectivity index (χ4n) is 2.27. The maximum atomic E-state index is 12.1. The first kappa shape index (κ1) is 15.2. The lowest BCUT2D eigenvalue weighted by Gasteiger charge is -2.14. The van der Waals surface area contributed by atoms with Gasteiger partial charge in [-0.3, -0.25) is 14.9 Å². The number of aliphatic hydroxyl groups excluding tert-OH is 1. The molecule has 0 radical (unpaired) electrons. The highest BCUT2D eigenvalue weighted by Crippen LogP contribution is 2.47. The van der Waals surface area contributed by atoms with Gasteiger partial charge in [-0.05, 0) is 36.8 Å². The zero-order valence-electron chi connectivity index (χ0n) is 11.8. The van der Waals surface area contributed by atoms with E-state index in [1.807, 2.05) is 0 Å². The number of benzene rings is 1. The van der Waals surface area contributed by atoms with Gasteiger partial charge >= 0.3 is 5.69 Å². The SMILES string of the molecule is COc1ccc(C(=O)NCC2(CCO)CC2)cc1[N+](=O)[O-]. The molecule has 1 aromatic carbocycles.